The predicted octanol–water partition coefficient (Wildman–Crippen LogP) is 3.20. The molecule has 20 heavy (non-hydrogen) atoms. The molecule has 1 fully saturated rings. The standard InChI is InChI=1S/C16H22O4/c1-15(2,3)10-7-11(14(19)12(8-10)20-4)16(5-6-16)9-13(17)18/h7-8,19H,5-6,9H2,1-4H3,(H,17,18). The average Bonchev–Trinajstić information content (AvgIpc) is 3.07. The lowest BCUT2D eigenvalue weighted by molar-refractivity contribution is -0.137. The molecule has 0 amide bonds. The van der Waals surface area contributed by atoms with E-state index < -0.39 is 11.4 Å². The van der Waals surface area contributed by atoms with Crippen molar-refractivity contribution in [3.63, 3.8) is 0 Å². The topological polar surface area (TPSA) is 66.8 Å². The number of carbonyl (C=O) groups is 1. The van der Waals surface area contributed by atoms with E-state index in [0.717, 1.165) is 18.4 Å². The SMILES string of the molecule is COc1cc(C(C)(C)C)cc(C2(CC(=O)O)CC2)c1O. The highest BCUT2D eigenvalue weighted by molar-refractivity contribution is 5.71. The number of phenols is 1. The van der Waals surface area contributed by atoms with Crippen LogP contribution in [-0.4, -0.2) is 23.3 Å². The van der Waals surface area contributed by atoms with Crippen LogP contribution in [0, 0.1) is 0 Å². The smallest absolute Gasteiger partial charge is 0.304 e. The van der Waals surface area contributed by atoms with Crippen molar-refractivity contribution in [3.8, 4) is 11.5 Å². The first kappa shape index (κ1) is 14.7. The Labute approximate surface area is 119 Å². The van der Waals surface area contributed by atoms with Crippen LogP contribution in [0.4, 0.5) is 0 Å². The maximum absolute atomic E-state index is 11.1. The predicted molar refractivity (Wildman–Crippen MR) is 76.5 cm³/mol. The van der Waals surface area contributed by atoms with Crippen LogP contribution < -0.4 is 4.74 Å². The van der Waals surface area contributed by atoms with Crippen LogP contribution >= 0.6 is 0 Å². The third-order valence-electron chi connectivity index (χ3n) is 4.08. The molecule has 4 nitrogen and oxygen atoms in total. The maximum atomic E-state index is 11.1. The first-order valence-corrected chi connectivity index (χ1v) is 6.83. The number of hydrogen-bond donors (Lipinski definition) is 2. The molecular weight excluding hydrogens is 256 g/mol. The van der Waals surface area contributed by atoms with Gasteiger partial charge in [-0.1, -0.05) is 26.8 Å². The van der Waals surface area contributed by atoms with Crippen LogP contribution in [0.15, 0.2) is 12.1 Å². The van der Waals surface area contributed by atoms with E-state index in [1.807, 2.05) is 12.1 Å². The third-order valence-corrected chi connectivity index (χ3v) is 4.08. The van der Waals surface area contributed by atoms with Crippen LogP contribution in [-0.2, 0) is 15.6 Å². The minimum absolute atomic E-state index is 0.0529. The Bertz CT molecular complexity index is 536. The number of aliphatic carboxylic acids is 1. The van der Waals surface area contributed by atoms with Crippen LogP contribution in [0.5, 0.6) is 11.5 Å². The van der Waals surface area contributed by atoms with Crippen molar-refractivity contribution in [1.29, 1.82) is 0 Å². The van der Waals surface area contributed by atoms with Crippen molar-refractivity contribution >= 4 is 5.97 Å². The zero-order valence-electron chi connectivity index (χ0n) is 12.5. The average molecular weight is 278 g/mol. The van der Waals surface area contributed by atoms with Gasteiger partial charge in [-0.15, -0.1) is 0 Å². The van der Waals surface area contributed by atoms with E-state index in [2.05, 4.69) is 20.8 Å². The largest absolute Gasteiger partial charge is 0.504 e. The van der Waals surface area contributed by atoms with Gasteiger partial charge in [0, 0.05) is 11.0 Å². The van der Waals surface area contributed by atoms with Crippen molar-refractivity contribution in [3.05, 3.63) is 23.3 Å². The molecule has 0 unspecified atom stereocenters. The fourth-order valence-electron chi connectivity index (χ4n) is 2.58. The Hall–Kier alpha value is -1.71. The summed E-state index contributed by atoms with van der Waals surface area (Å²) >= 11 is 0. The molecule has 1 aromatic rings. The minimum Gasteiger partial charge on any atom is -0.504 e. The lowest BCUT2D eigenvalue weighted by atomic mass is 9.82. The van der Waals surface area contributed by atoms with Crippen molar-refractivity contribution in [2.75, 3.05) is 7.11 Å². The van der Waals surface area contributed by atoms with Gasteiger partial charge in [-0.05, 0) is 29.9 Å². The summed E-state index contributed by atoms with van der Waals surface area (Å²) in [6.45, 7) is 6.25. The molecule has 0 bridgehead atoms. The quantitative estimate of drug-likeness (QED) is 0.887. The molecule has 0 saturated heterocycles. The Morgan fingerprint density at radius 3 is 2.35 bits per heavy atom. The summed E-state index contributed by atoms with van der Waals surface area (Å²) < 4.78 is 5.25. The summed E-state index contributed by atoms with van der Waals surface area (Å²) in [4.78, 5) is 11.1. The molecule has 0 radical (unpaired) electrons. The summed E-state index contributed by atoms with van der Waals surface area (Å²) in [5.41, 5.74) is 1.24. The molecule has 1 saturated carbocycles. The van der Waals surface area contributed by atoms with Crippen molar-refractivity contribution in [1.82, 2.24) is 0 Å². The van der Waals surface area contributed by atoms with Gasteiger partial charge < -0.3 is 14.9 Å². The fourth-order valence-corrected chi connectivity index (χ4v) is 2.58. The van der Waals surface area contributed by atoms with Gasteiger partial charge in [-0.2, -0.15) is 0 Å². The lowest BCUT2D eigenvalue weighted by Crippen LogP contribution is -2.17. The normalized spacial score (nSPS) is 16.8. The van der Waals surface area contributed by atoms with E-state index in [1.54, 1.807) is 0 Å². The van der Waals surface area contributed by atoms with Gasteiger partial charge in [-0.3, -0.25) is 4.79 Å². The molecule has 4 heteroatoms. The number of phenolic OH excluding ortho intramolecular Hbond substituents is 1. The van der Waals surface area contributed by atoms with Crippen LogP contribution in [0.25, 0.3) is 0 Å². The lowest BCUT2D eigenvalue weighted by Gasteiger charge is -2.24. The fraction of sp³-hybridized carbons (Fsp3) is 0.562. The number of ether oxygens (including phenoxy) is 1. The molecule has 0 atom stereocenters. The second kappa shape index (κ2) is 4.69. The minimum atomic E-state index is -0.831. The van der Waals surface area contributed by atoms with Crippen molar-refractivity contribution in [2.24, 2.45) is 0 Å². The van der Waals surface area contributed by atoms with E-state index in [4.69, 9.17) is 9.84 Å². The maximum Gasteiger partial charge on any atom is 0.304 e. The van der Waals surface area contributed by atoms with Gasteiger partial charge in [0.1, 0.15) is 0 Å². The van der Waals surface area contributed by atoms with Gasteiger partial charge in [0.15, 0.2) is 11.5 Å². The molecule has 1 aromatic carbocycles. The molecule has 0 heterocycles. The highest BCUT2D eigenvalue weighted by atomic mass is 16.5. The second-order valence-electron chi connectivity index (χ2n) is 6.68. The number of methoxy groups -OCH3 is 1. The molecule has 0 aliphatic heterocycles. The molecule has 0 aromatic heterocycles. The summed E-state index contributed by atoms with van der Waals surface area (Å²) in [6.07, 6.45) is 1.64. The van der Waals surface area contributed by atoms with Crippen molar-refractivity contribution < 1.29 is 19.7 Å². The van der Waals surface area contributed by atoms with Crippen LogP contribution in [0.1, 0.15) is 51.2 Å². The highest BCUT2D eigenvalue weighted by Gasteiger charge is 2.48. The first-order chi connectivity index (χ1) is 9.19. The summed E-state index contributed by atoms with van der Waals surface area (Å²) in [5.74, 6) is -0.328. The highest BCUT2D eigenvalue weighted by Crippen LogP contribution is 2.56. The Morgan fingerprint density at radius 2 is 1.95 bits per heavy atom. The van der Waals surface area contributed by atoms with Gasteiger partial charge in [0.05, 0.1) is 13.5 Å². The van der Waals surface area contributed by atoms with Gasteiger partial charge in [0.2, 0.25) is 0 Å². The van der Waals surface area contributed by atoms with Gasteiger partial charge in [0.25, 0.3) is 0 Å². The summed E-state index contributed by atoms with van der Waals surface area (Å²) in [7, 11) is 1.52. The number of carboxylic acids is 1. The third kappa shape index (κ3) is 2.60. The molecule has 2 rings (SSSR count). The Balaban J connectivity index is 2.55. The number of rotatable bonds is 4. The van der Waals surface area contributed by atoms with E-state index >= 15 is 0 Å². The van der Waals surface area contributed by atoms with Crippen molar-refractivity contribution in [2.45, 2.75) is 50.9 Å². The number of aromatic hydroxyl groups is 1. The monoisotopic (exact) mass is 278 g/mol. The number of benzene rings is 1. The summed E-state index contributed by atoms with van der Waals surface area (Å²) in [5, 5.41) is 19.4. The number of hydrogen-bond acceptors (Lipinski definition) is 3. The zero-order valence-corrected chi connectivity index (χ0v) is 12.5. The first-order valence-electron chi connectivity index (χ1n) is 6.83. The molecule has 2 N–H and O–H groups in total. The second-order valence-corrected chi connectivity index (χ2v) is 6.68. The van der Waals surface area contributed by atoms with Crippen LogP contribution in [0.2, 0.25) is 0 Å². The Kier molecular flexibility index (Phi) is 3.44. The summed E-state index contributed by atoms with van der Waals surface area (Å²) in [6, 6.07) is 3.77. The van der Waals surface area contributed by atoms with Gasteiger partial charge >= 0.3 is 5.97 Å². The molecule has 0 spiro atoms. The van der Waals surface area contributed by atoms with E-state index in [9.17, 15) is 9.90 Å². The number of carboxylic acid groups (broad SMARTS) is 1. The molecule has 110 valence electrons. The van der Waals surface area contributed by atoms with Crippen LogP contribution in [0.3, 0.4) is 0 Å². The molecule has 1 aliphatic rings. The molecular formula is C16H22O4. The van der Waals surface area contributed by atoms with Gasteiger partial charge in [-0.25, -0.2) is 0 Å². The van der Waals surface area contributed by atoms with E-state index in [1.165, 1.54) is 7.11 Å². The zero-order chi connectivity index (χ0) is 15.1. The van der Waals surface area contributed by atoms with E-state index in [-0.39, 0.29) is 17.6 Å². The molecule has 1 aliphatic carbocycles. The Morgan fingerprint density at radius 1 is 1.35 bits per heavy atom. The van der Waals surface area contributed by atoms with E-state index in [0.29, 0.717) is 11.3 Å².